The van der Waals surface area contributed by atoms with E-state index in [1.165, 1.54) is 11.1 Å². The standard InChI is InChI=1S/C19H18N2O3/c1-12-16(21-19(24-12)17-7-4-8-23-17)10-18(22)20-11-14-9-13-5-2-3-6-15(13)14/h2-8,14H,9-11H2,1H3,(H,20,22). The largest absolute Gasteiger partial charge is 0.459 e. The van der Waals surface area contributed by atoms with Gasteiger partial charge in [-0.15, -0.1) is 0 Å². The number of furan rings is 1. The van der Waals surface area contributed by atoms with E-state index >= 15 is 0 Å². The van der Waals surface area contributed by atoms with Crippen LogP contribution in [0.25, 0.3) is 11.7 Å². The molecule has 1 atom stereocenters. The molecule has 4 rings (SSSR count). The highest BCUT2D eigenvalue weighted by atomic mass is 16.4. The molecule has 2 heterocycles. The molecule has 0 bridgehead atoms. The lowest BCUT2D eigenvalue weighted by Crippen LogP contribution is -2.34. The van der Waals surface area contributed by atoms with Crippen molar-refractivity contribution in [2.45, 2.75) is 25.7 Å². The lowest BCUT2D eigenvalue weighted by molar-refractivity contribution is -0.120. The molecule has 1 N–H and O–H groups in total. The minimum absolute atomic E-state index is 0.0400. The summed E-state index contributed by atoms with van der Waals surface area (Å²) < 4.78 is 10.8. The van der Waals surface area contributed by atoms with Gasteiger partial charge in [-0.3, -0.25) is 4.79 Å². The van der Waals surface area contributed by atoms with Gasteiger partial charge in [-0.25, -0.2) is 4.98 Å². The van der Waals surface area contributed by atoms with Crippen LogP contribution in [0.1, 0.15) is 28.5 Å². The molecule has 0 saturated heterocycles. The average Bonchev–Trinajstić information content (AvgIpc) is 3.19. The minimum Gasteiger partial charge on any atom is -0.459 e. The Morgan fingerprint density at radius 1 is 1.29 bits per heavy atom. The Morgan fingerprint density at radius 2 is 2.17 bits per heavy atom. The number of rotatable bonds is 5. The van der Waals surface area contributed by atoms with Gasteiger partial charge in [0.2, 0.25) is 5.91 Å². The van der Waals surface area contributed by atoms with Gasteiger partial charge < -0.3 is 14.2 Å². The third-order valence-electron chi connectivity index (χ3n) is 4.46. The number of nitrogens with one attached hydrogen (secondary N) is 1. The molecule has 0 radical (unpaired) electrons. The summed E-state index contributed by atoms with van der Waals surface area (Å²) in [4.78, 5) is 16.6. The van der Waals surface area contributed by atoms with Crippen molar-refractivity contribution >= 4 is 5.91 Å². The predicted octanol–water partition coefficient (Wildman–Crippen LogP) is 3.24. The number of carbonyl (C=O) groups excluding carboxylic acids is 1. The monoisotopic (exact) mass is 322 g/mol. The zero-order valence-electron chi connectivity index (χ0n) is 13.4. The molecule has 0 spiro atoms. The van der Waals surface area contributed by atoms with E-state index in [4.69, 9.17) is 8.83 Å². The van der Waals surface area contributed by atoms with Crippen molar-refractivity contribution in [3.63, 3.8) is 0 Å². The average molecular weight is 322 g/mol. The maximum Gasteiger partial charge on any atom is 0.263 e. The van der Waals surface area contributed by atoms with Crippen LogP contribution in [-0.4, -0.2) is 17.4 Å². The van der Waals surface area contributed by atoms with E-state index in [0.29, 0.717) is 35.6 Å². The summed E-state index contributed by atoms with van der Waals surface area (Å²) >= 11 is 0. The molecule has 0 saturated carbocycles. The summed E-state index contributed by atoms with van der Waals surface area (Å²) in [7, 11) is 0. The third kappa shape index (κ3) is 2.73. The van der Waals surface area contributed by atoms with Crippen LogP contribution in [0.5, 0.6) is 0 Å². The molecule has 3 aromatic rings. The van der Waals surface area contributed by atoms with Crippen LogP contribution in [0.4, 0.5) is 0 Å². The van der Waals surface area contributed by atoms with Crippen LogP contribution in [0.2, 0.25) is 0 Å². The highest BCUT2D eigenvalue weighted by Crippen LogP contribution is 2.34. The van der Waals surface area contributed by atoms with Crippen LogP contribution >= 0.6 is 0 Å². The van der Waals surface area contributed by atoms with Gasteiger partial charge in [0.15, 0.2) is 5.76 Å². The topological polar surface area (TPSA) is 68.3 Å². The van der Waals surface area contributed by atoms with Crippen LogP contribution in [-0.2, 0) is 17.6 Å². The summed E-state index contributed by atoms with van der Waals surface area (Å²) in [6, 6.07) is 11.9. The van der Waals surface area contributed by atoms with Gasteiger partial charge in [-0.2, -0.15) is 0 Å². The second-order valence-corrected chi connectivity index (χ2v) is 6.08. The Hall–Kier alpha value is -2.82. The smallest absolute Gasteiger partial charge is 0.263 e. The third-order valence-corrected chi connectivity index (χ3v) is 4.46. The summed E-state index contributed by atoms with van der Waals surface area (Å²) in [5.41, 5.74) is 3.37. The van der Waals surface area contributed by atoms with Crippen molar-refractivity contribution in [1.82, 2.24) is 10.3 Å². The van der Waals surface area contributed by atoms with E-state index in [9.17, 15) is 4.79 Å². The van der Waals surface area contributed by atoms with E-state index in [2.05, 4.69) is 28.5 Å². The maximum absolute atomic E-state index is 12.2. The molecule has 2 aromatic heterocycles. The van der Waals surface area contributed by atoms with Gasteiger partial charge in [0.25, 0.3) is 5.89 Å². The molecule has 5 heteroatoms. The fourth-order valence-electron chi connectivity index (χ4n) is 3.09. The van der Waals surface area contributed by atoms with E-state index in [1.807, 2.05) is 13.0 Å². The van der Waals surface area contributed by atoms with Crippen molar-refractivity contribution < 1.29 is 13.6 Å². The molecule has 1 unspecified atom stereocenters. The van der Waals surface area contributed by atoms with Crippen LogP contribution in [0.15, 0.2) is 51.5 Å². The highest BCUT2D eigenvalue weighted by molar-refractivity contribution is 5.78. The lowest BCUT2D eigenvalue weighted by atomic mass is 9.77. The molecular weight excluding hydrogens is 304 g/mol. The number of hydrogen-bond acceptors (Lipinski definition) is 4. The number of aromatic nitrogens is 1. The van der Waals surface area contributed by atoms with Crippen LogP contribution < -0.4 is 5.32 Å². The number of nitrogens with zero attached hydrogens (tertiary/aromatic N) is 1. The van der Waals surface area contributed by atoms with Crippen molar-refractivity contribution in [3.05, 3.63) is 65.2 Å². The molecule has 122 valence electrons. The molecular formula is C19H18N2O3. The van der Waals surface area contributed by atoms with E-state index in [-0.39, 0.29) is 12.3 Å². The number of hydrogen-bond donors (Lipinski definition) is 1. The minimum atomic E-state index is -0.0400. The Balaban J connectivity index is 1.35. The van der Waals surface area contributed by atoms with Crippen molar-refractivity contribution in [1.29, 1.82) is 0 Å². The van der Waals surface area contributed by atoms with Crippen molar-refractivity contribution in [3.8, 4) is 11.7 Å². The van der Waals surface area contributed by atoms with Gasteiger partial charge in [-0.1, -0.05) is 24.3 Å². The first-order chi connectivity index (χ1) is 11.7. The first-order valence-corrected chi connectivity index (χ1v) is 8.05. The SMILES string of the molecule is Cc1oc(-c2ccco2)nc1CC(=O)NCC1Cc2ccccc21. The molecule has 1 aromatic carbocycles. The predicted molar refractivity (Wildman–Crippen MR) is 88.5 cm³/mol. The number of oxazole rings is 1. The molecule has 0 aliphatic heterocycles. The number of amides is 1. The molecule has 1 amide bonds. The first-order valence-electron chi connectivity index (χ1n) is 8.05. The Labute approximate surface area is 139 Å². The second-order valence-electron chi connectivity index (χ2n) is 6.08. The van der Waals surface area contributed by atoms with Gasteiger partial charge in [-0.05, 0) is 36.6 Å². The molecule has 1 aliphatic carbocycles. The maximum atomic E-state index is 12.2. The number of benzene rings is 1. The molecule has 0 fully saturated rings. The zero-order valence-corrected chi connectivity index (χ0v) is 13.4. The molecule has 5 nitrogen and oxygen atoms in total. The summed E-state index contributed by atoms with van der Waals surface area (Å²) in [5, 5.41) is 3.00. The van der Waals surface area contributed by atoms with Gasteiger partial charge in [0.05, 0.1) is 18.4 Å². The second kappa shape index (κ2) is 6.00. The summed E-state index contributed by atoms with van der Waals surface area (Å²) in [6.07, 6.45) is 2.81. The van der Waals surface area contributed by atoms with E-state index in [1.54, 1.807) is 18.4 Å². The fraction of sp³-hybridized carbons (Fsp3) is 0.263. The quantitative estimate of drug-likeness (QED) is 0.783. The van der Waals surface area contributed by atoms with Gasteiger partial charge in [0, 0.05) is 12.5 Å². The molecule has 24 heavy (non-hydrogen) atoms. The highest BCUT2D eigenvalue weighted by Gasteiger charge is 2.25. The Bertz CT molecular complexity index is 865. The van der Waals surface area contributed by atoms with Crippen LogP contribution in [0, 0.1) is 6.92 Å². The number of fused-ring (bicyclic) bond motifs is 1. The van der Waals surface area contributed by atoms with E-state index in [0.717, 1.165) is 6.42 Å². The number of carbonyl (C=O) groups is 1. The van der Waals surface area contributed by atoms with Crippen molar-refractivity contribution in [2.24, 2.45) is 0 Å². The Morgan fingerprint density at radius 3 is 2.96 bits per heavy atom. The van der Waals surface area contributed by atoms with Crippen LogP contribution in [0.3, 0.4) is 0 Å². The van der Waals surface area contributed by atoms with Gasteiger partial charge >= 0.3 is 0 Å². The number of aryl methyl sites for hydroxylation is 1. The van der Waals surface area contributed by atoms with Gasteiger partial charge in [0.1, 0.15) is 5.76 Å². The summed E-state index contributed by atoms with van der Waals surface area (Å²) in [6.45, 7) is 2.47. The lowest BCUT2D eigenvalue weighted by Gasteiger charge is -2.30. The Kier molecular flexibility index (Phi) is 3.69. The fourth-order valence-corrected chi connectivity index (χ4v) is 3.09. The van der Waals surface area contributed by atoms with E-state index < -0.39 is 0 Å². The first kappa shape index (κ1) is 14.8. The summed E-state index contributed by atoms with van der Waals surface area (Å²) in [5.74, 6) is 2.00. The normalized spacial score (nSPS) is 15.6. The zero-order chi connectivity index (χ0) is 16.5. The molecule has 1 aliphatic rings. The van der Waals surface area contributed by atoms with Crippen molar-refractivity contribution in [2.75, 3.05) is 6.54 Å².